The molecule has 0 fully saturated rings. The van der Waals surface area contributed by atoms with E-state index in [4.69, 9.17) is 14.8 Å². The Labute approximate surface area is 206 Å². The van der Waals surface area contributed by atoms with E-state index in [-0.39, 0.29) is 36.4 Å². The van der Waals surface area contributed by atoms with Gasteiger partial charge in [-0.1, -0.05) is 20.8 Å². The van der Waals surface area contributed by atoms with Gasteiger partial charge in [0.15, 0.2) is 6.10 Å². The van der Waals surface area contributed by atoms with Gasteiger partial charge in [-0.3, -0.25) is 9.59 Å². The highest BCUT2D eigenvalue weighted by Crippen LogP contribution is 2.39. The van der Waals surface area contributed by atoms with E-state index < -0.39 is 30.4 Å². The topological polar surface area (TPSA) is 131 Å². The molecule has 3 N–H and O–H groups in total. The molecule has 10 heteroatoms. The van der Waals surface area contributed by atoms with Crippen LogP contribution in [0.3, 0.4) is 0 Å². The molecular formula is C26H28FN3O6. The molecule has 5 rings (SSSR count). The van der Waals surface area contributed by atoms with Crippen LogP contribution in [0.5, 0.6) is 0 Å². The van der Waals surface area contributed by atoms with Crippen molar-refractivity contribution in [1.82, 2.24) is 14.9 Å². The van der Waals surface area contributed by atoms with Crippen LogP contribution < -0.4 is 10.9 Å². The number of hydrogen-bond donors (Lipinski definition) is 3. The Morgan fingerprint density at radius 2 is 1.97 bits per heavy atom. The summed E-state index contributed by atoms with van der Waals surface area (Å²) in [5, 5.41) is 22.6. The van der Waals surface area contributed by atoms with Gasteiger partial charge in [-0.25, -0.2) is 14.2 Å². The number of fused-ring (bicyclic) bond motifs is 5. The van der Waals surface area contributed by atoms with E-state index in [0.29, 0.717) is 39.8 Å². The number of aliphatic hydroxyl groups excluding tert-OH is 2. The number of aryl methyl sites for hydroxylation is 1. The normalized spacial score (nSPS) is 15.4. The third-order valence-electron chi connectivity index (χ3n) is 6.65. The van der Waals surface area contributed by atoms with Crippen molar-refractivity contribution in [3.63, 3.8) is 0 Å². The number of rotatable bonds is 4. The largest absolute Gasteiger partial charge is 0.458 e. The van der Waals surface area contributed by atoms with Crippen molar-refractivity contribution in [2.75, 3.05) is 6.61 Å². The molecule has 2 aliphatic rings. The lowest BCUT2D eigenvalue weighted by atomic mass is 9.92. The van der Waals surface area contributed by atoms with Gasteiger partial charge in [0.1, 0.15) is 19.0 Å². The van der Waals surface area contributed by atoms with Gasteiger partial charge in [0.05, 0.1) is 29.0 Å². The number of cyclic esters (lactones) is 1. The second-order valence-electron chi connectivity index (χ2n) is 8.43. The summed E-state index contributed by atoms with van der Waals surface area (Å²) in [6.45, 7) is 6.91. The third-order valence-corrected chi connectivity index (χ3v) is 6.65. The summed E-state index contributed by atoms with van der Waals surface area (Å²) < 4.78 is 21.3. The van der Waals surface area contributed by atoms with Crippen molar-refractivity contribution in [3.8, 4) is 11.4 Å². The molecule has 3 aromatic rings. The smallest absolute Gasteiger partial charge is 0.340 e. The summed E-state index contributed by atoms with van der Waals surface area (Å²) in [6, 6.07) is 2.91. The molecule has 1 atom stereocenters. The van der Waals surface area contributed by atoms with Crippen LogP contribution in [0.25, 0.3) is 22.3 Å². The number of carbonyl (C=O) groups is 2. The Bertz CT molecular complexity index is 1460. The number of hydrogen-bond acceptors (Lipinski definition) is 7. The molecule has 0 aliphatic carbocycles. The molecule has 0 spiro atoms. The van der Waals surface area contributed by atoms with Crippen LogP contribution in [0.4, 0.5) is 4.39 Å². The van der Waals surface area contributed by atoms with E-state index in [1.54, 1.807) is 13.0 Å². The number of aromatic nitrogens is 2. The fourth-order valence-electron chi connectivity index (χ4n) is 4.89. The third kappa shape index (κ3) is 3.86. The summed E-state index contributed by atoms with van der Waals surface area (Å²) in [4.78, 5) is 41.4. The van der Waals surface area contributed by atoms with Crippen LogP contribution >= 0.6 is 0 Å². The standard InChI is InChI=1S/C24H22FN3O6.C2H6/c1-3-11-14-7-28-18(4-12-15(23(28)32)9-34-24(33)22(12)31)21(14)27-17-5-16(25)10(2)13(20(11)17)6-26-19(30)8-29;1-2/h4-5,22,29,31H,3,6-9H2,1-2H3,(H,26,30);1-2H3. The molecule has 0 bridgehead atoms. The number of aliphatic hydroxyl groups is 2. The maximum absolute atomic E-state index is 14.8. The molecule has 2 aliphatic heterocycles. The first kappa shape index (κ1) is 25.5. The minimum atomic E-state index is -1.56. The predicted octanol–water partition coefficient (Wildman–Crippen LogP) is 2.16. The van der Waals surface area contributed by atoms with Crippen molar-refractivity contribution in [2.45, 2.75) is 59.9 Å². The Hall–Kier alpha value is -3.63. The second kappa shape index (κ2) is 9.79. The van der Waals surface area contributed by atoms with Crippen molar-refractivity contribution in [2.24, 2.45) is 0 Å². The Morgan fingerprint density at radius 1 is 1.25 bits per heavy atom. The molecule has 0 saturated heterocycles. The van der Waals surface area contributed by atoms with Gasteiger partial charge >= 0.3 is 5.97 Å². The van der Waals surface area contributed by atoms with E-state index in [2.05, 4.69) is 5.32 Å². The van der Waals surface area contributed by atoms with Gasteiger partial charge in [-0.2, -0.15) is 0 Å². The van der Waals surface area contributed by atoms with Crippen LogP contribution in [0.15, 0.2) is 16.9 Å². The van der Waals surface area contributed by atoms with Gasteiger partial charge in [-0.15, -0.1) is 0 Å². The fraction of sp³-hybridized carbons (Fsp3) is 0.385. The molecule has 1 aromatic carbocycles. The average Bonchev–Trinajstić information content (AvgIpc) is 3.25. The van der Waals surface area contributed by atoms with Gasteiger partial charge in [0.25, 0.3) is 5.56 Å². The van der Waals surface area contributed by atoms with E-state index in [1.807, 2.05) is 20.8 Å². The van der Waals surface area contributed by atoms with Crippen LogP contribution in [0.2, 0.25) is 0 Å². The van der Waals surface area contributed by atoms with Crippen molar-refractivity contribution >= 4 is 22.8 Å². The number of pyridine rings is 2. The van der Waals surface area contributed by atoms with Crippen LogP contribution in [-0.4, -0.2) is 38.2 Å². The molecule has 9 nitrogen and oxygen atoms in total. The van der Waals surface area contributed by atoms with E-state index >= 15 is 0 Å². The average molecular weight is 498 g/mol. The summed E-state index contributed by atoms with van der Waals surface area (Å²) in [6.07, 6.45) is -1.00. The van der Waals surface area contributed by atoms with Gasteiger partial charge in [0, 0.05) is 29.1 Å². The number of benzene rings is 1. The number of amides is 1. The lowest BCUT2D eigenvalue weighted by molar-refractivity contribution is -0.157. The number of nitrogens with one attached hydrogen (secondary N) is 1. The molecule has 190 valence electrons. The van der Waals surface area contributed by atoms with Crippen LogP contribution in [0.1, 0.15) is 60.3 Å². The first-order chi connectivity index (χ1) is 17.3. The fourth-order valence-corrected chi connectivity index (χ4v) is 4.89. The predicted molar refractivity (Wildman–Crippen MR) is 130 cm³/mol. The quantitative estimate of drug-likeness (QED) is 0.368. The SMILES string of the molecule is CC.CCc1c2c(nc3cc(F)c(C)c(CNC(=O)CO)c13)-c1cc3c(c(=O)n1C2)COC(=O)C3O. The highest BCUT2D eigenvalue weighted by molar-refractivity contribution is 5.92. The molecule has 36 heavy (non-hydrogen) atoms. The number of halogens is 1. The van der Waals surface area contributed by atoms with Gasteiger partial charge in [-0.05, 0) is 36.1 Å². The summed E-state index contributed by atoms with van der Waals surface area (Å²) in [5.41, 5.74) is 3.92. The van der Waals surface area contributed by atoms with E-state index in [9.17, 15) is 23.9 Å². The molecular weight excluding hydrogens is 469 g/mol. The summed E-state index contributed by atoms with van der Waals surface area (Å²) in [7, 11) is 0. The first-order valence-corrected chi connectivity index (χ1v) is 11.9. The zero-order valence-corrected chi connectivity index (χ0v) is 20.6. The molecule has 1 unspecified atom stereocenters. The van der Waals surface area contributed by atoms with Crippen LogP contribution in [0, 0.1) is 12.7 Å². The lowest BCUT2D eigenvalue weighted by Gasteiger charge is -2.21. The number of nitrogens with zero attached hydrogens (tertiary/aromatic N) is 2. The Balaban J connectivity index is 0.00000148. The van der Waals surface area contributed by atoms with Gasteiger partial charge < -0.3 is 24.8 Å². The second-order valence-corrected chi connectivity index (χ2v) is 8.43. The van der Waals surface area contributed by atoms with Crippen molar-refractivity contribution in [3.05, 3.63) is 61.7 Å². The highest BCUT2D eigenvalue weighted by Gasteiger charge is 2.35. The summed E-state index contributed by atoms with van der Waals surface area (Å²) >= 11 is 0. The maximum atomic E-state index is 14.8. The lowest BCUT2D eigenvalue weighted by Crippen LogP contribution is -2.32. The van der Waals surface area contributed by atoms with E-state index in [1.165, 1.54) is 10.6 Å². The summed E-state index contributed by atoms with van der Waals surface area (Å²) in [5.74, 6) is -1.89. The highest BCUT2D eigenvalue weighted by atomic mass is 19.1. The molecule has 2 aromatic heterocycles. The number of esters is 1. The maximum Gasteiger partial charge on any atom is 0.340 e. The Kier molecular flexibility index (Phi) is 6.92. The molecule has 0 saturated carbocycles. The van der Waals surface area contributed by atoms with Crippen molar-refractivity contribution < 1.29 is 28.9 Å². The molecule has 0 radical (unpaired) electrons. The monoisotopic (exact) mass is 497 g/mol. The minimum Gasteiger partial charge on any atom is -0.458 e. The zero-order chi connectivity index (χ0) is 26.3. The van der Waals surface area contributed by atoms with E-state index in [0.717, 1.165) is 11.1 Å². The van der Waals surface area contributed by atoms with Gasteiger partial charge in [0.2, 0.25) is 5.91 Å². The zero-order valence-electron chi connectivity index (χ0n) is 20.6. The van der Waals surface area contributed by atoms with Crippen molar-refractivity contribution in [1.29, 1.82) is 0 Å². The number of carbonyl (C=O) groups excluding carboxylic acids is 2. The minimum absolute atomic E-state index is 0.0137. The number of ether oxygens (including phenoxy) is 1. The first-order valence-electron chi connectivity index (χ1n) is 11.9. The Morgan fingerprint density at radius 3 is 2.64 bits per heavy atom. The molecule has 1 amide bonds. The molecule has 4 heterocycles. The van der Waals surface area contributed by atoms with Crippen LogP contribution in [-0.2, 0) is 40.4 Å².